The lowest BCUT2D eigenvalue weighted by Crippen LogP contribution is -1.93. The first-order valence-electron chi connectivity index (χ1n) is 5.12. The molecule has 0 aromatic heterocycles. The van der Waals surface area contributed by atoms with Gasteiger partial charge < -0.3 is 5.73 Å². The van der Waals surface area contributed by atoms with E-state index in [0.29, 0.717) is 11.3 Å². The van der Waals surface area contributed by atoms with Crippen molar-refractivity contribution in [1.82, 2.24) is 0 Å². The van der Waals surface area contributed by atoms with Crippen molar-refractivity contribution in [2.75, 3.05) is 5.73 Å². The zero-order valence-corrected chi connectivity index (χ0v) is 8.85. The Hall–Kier alpha value is -2.27. The number of hydrogen-bond acceptors (Lipinski definition) is 2. The van der Waals surface area contributed by atoms with E-state index in [1.165, 1.54) is 5.56 Å². The van der Waals surface area contributed by atoms with Crippen molar-refractivity contribution in [1.29, 1.82) is 5.26 Å². The molecule has 0 aliphatic heterocycles. The summed E-state index contributed by atoms with van der Waals surface area (Å²) in [6, 6.07) is 17.9. The standard InChI is InChI=1S/C14H12N2/c15-10-13-9-12(6-7-14(13)16)8-11-4-2-1-3-5-11/h1-7,9H,8,16H2. The Kier molecular flexibility index (Phi) is 2.88. The summed E-state index contributed by atoms with van der Waals surface area (Å²) in [5.74, 6) is 0. The molecule has 0 radical (unpaired) electrons. The maximum atomic E-state index is 8.88. The second kappa shape index (κ2) is 4.50. The first-order valence-corrected chi connectivity index (χ1v) is 5.12. The van der Waals surface area contributed by atoms with Crippen molar-refractivity contribution >= 4 is 5.69 Å². The zero-order valence-electron chi connectivity index (χ0n) is 8.85. The fraction of sp³-hybridized carbons (Fsp3) is 0.0714. The summed E-state index contributed by atoms with van der Waals surface area (Å²) >= 11 is 0. The number of anilines is 1. The molecular formula is C14H12N2. The maximum absolute atomic E-state index is 8.88. The van der Waals surface area contributed by atoms with Gasteiger partial charge in [0.2, 0.25) is 0 Å². The van der Waals surface area contributed by atoms with E-state index in [0.717, 1.165) is 12.0 Å². The quantitative estimate of drug-likeness (QED) is 0.771. The van der Waals surface area contributed by atoms with Crippen LogP contribution in [-0.2, 0) is 6.42 Å². The SMILES string of the molecule is N#Cc1cc(Cc2ccccc2)ccc1N. The Balaban J connectivity index is 2.27. The van der Waals surface area contributed by atoms with E-state index in [1.807, 2.05) is 30.3 Å². The van der Waals surface area contributed by atoms with Crippen LogP contribution in [0.4, 0.5) is 5.69 Å². The van der Waals surface area contributed by atoms with Gasteiger partial charge in [-0.15, -0.1) is 0 Å². The molecule has 2 nitrogen and oxygen atoms in total. The van der Waals surface area contributed by atoms with Crippen LogP contribution in [0.5, 0.6) is 0 Å². The Labute approximate surface area is 95.0 Å². The Morgan fingerprint density at radius 1 is 1.00 bits per heavy atom. The number of nitrogen functional groups attached to an aromatic ring is 1. The third kappa shape index (κ3) is 2.21. The second-order valence-corrected chi connectivity index (χ2v) is 3.70. The molecule has 0 bridgehead atoms. The van der Waals surface area contributed by atoms with Crippen LogP contribution in [0, 0.1) is 11.3 Å². The number of nitrogens with two attached hydrogens (primary N) is 1. The number of nitriles is 1. The Bertz CT molecular complexity index is 524. The predicted molar refractivity (Wildman–Crippen MR) is 64.8 cm³/mol. The van der Waals surface area contributed by atoms with Crippen molar-refractivity contribution in [3.8, 4) is 6.07 Å². The van der Waals surface area contributed by atoms with Crippen molar-refractivity contribution in [3.05, 3.63) is 65.2 Å². The summed E-state index contributed by atoms with van der Waals surface area (Å²) in [4.78, 5) is 0. The molecule has 16 heavy (non-hydrogen) atoms. The van der Waals surface area contributed by atoms with Crippen LogP contribution in [0.3, 0.4) is 0 Å². The van der Waals surface area contributed by atoms with E-state index in [-0.39, 0.29) is 0 Å². The van der Waals surface area contributed by atoms with Gasteiger partial charge in [-0.25, -0.2) is 0 Å². The largest absolute Gasteiger partial charge is 0.398 e. The first kappa shape index (κ1) is 10.3. The van der Waals surface area contributed by atoms with Crippen molar-refractivity contribution in [3.63, 3.8) is 0 Å². The minimum absolute atomic E-state index is 0.541. The van der Waals surface area contributed by atoms with Gasteiger partial charge >= 0.3 is 0 Å². The molecule has 0 saturated carbocycles. The molecule has 0 fully saturated rings. The van der Waals surface area contributed by atoms with E-state index in [2.05, 4.69) is 18.2 Å². The minimum Gasteiger partial charge on any atom is -0.398 e. The lowest BCUT2D eigenvalue weighted by molar-refractivity contribution is 1.19. The summed E-state index contributed by atoms with van der Waals surface area (Å²) in [5, 5.41) is 8.88. The Morgan fingerprint density at radius 2 is 1.75 bits per heavy atom. The van der Waals surface area contributed by atoms with Crippen molar-refractivity contribution in [2.24, 2.45) is 0 Å². The smallest absolute Gasteiger partial charge is 0.101 e. The molecule has 0 heterocycles. The van der Waals surface area contributed by atoms with Gasteiger partial charge in [0.1, 0.15) is 6.07 Å². The number of hydrogen-bond donors (Lipinski definition) is 1. The minimum atomic E-state index is 0.541. The summed E-state index contributed by atoms with van der Waals surface area (Å²) in [6.45, 7) is 0. The van der Waals surface area contributed by atoms with Crippen LogP contribution in [0.2, 0.25) is 0 Å². The molecule has 0 unspecified atom stereocenters. The summed E-state index contributed by atoms with van der Waals surface area (Å²) < 4.78 is 0. The van der Waals surface area contributed by atoms with Gasteiger partial charge in [0.25, 0.3) is 0 Å². The topological polar surface area (TPSA) is 49.8 Å². The highest BCUT2D eigenvalue weighted by Gasteiger charge is 2.01. The summed E-state index contributed by atoms with van der Waals surface area (Å²) in [7, 11) is 0. The van der Waals surface area contributed by atoms with Gasteiger partial charge in [-0.1, -0.05) is 36.4 Å². The molecule has 2 aromatic rings. The monoisotopic (exact) mass is 208 g/mol. The average molecular weight is 208 g/mol. The molecular weight excluding hydrogens is 196 g/mol. The van der Waals surface area contributed by atoms with Crippen LogP contribution >= 0.6 is 0 Å². The lowest BCUT2D eigenvalue weighted by atomic mass is 10.0. The fourth-order valence-electron chi connectivity index (χ4n) is 1.64. The molecule has 0 atom stereocenters. The average Bonchev–Trinajstić information content (AvgIpc) is 2.33. The molecule has 2 N–H and O–H groups in total. The van der Waals surface area contributed by atoms with Crippen molar-refractivity contribution in [2.45, 2.75) is 6.42 Å². The van der Waals surface area contributed by atoms with E-state index in [4.69, 9.17) is 11.0 Å². The van der Waals surface area contributed by atoms with Gasteiger partial charge in [0.05, 0.1) is 5.56 Å². The molecule has 0 aliphatic rings. The third-order valence-electron chi connectivity index (χ3n) is 2.49. The molecule has 0 aliphatic carbocycles. The van der Waals surface area contributed by atoms with E-state index < -0.39 is 0 Å². The van der Waals surface area contributed by atoms with Crippen LogP contribution in [0.25, 0.3) is 0 Å². The lowest BCUT2D eigenvalue weighted by Gasteiger charge is -2.03. The highest BCUT2D eigenvalue weighted by Crippen LogP contribution is 2.16. The zero-order chi connectivity index (χ0) is 11.4. The highest BCUT2D eigenvalue weighted by atomic mass is 14.6. The van der Waals surface area contributed by atoms with Crippen LogP contribution in [0.1, 0.15) is 16.7 Å². The van der Waals surface area contributed by atoms with E-state index in [1.54, 1.807) is 6.07 Å². The summed E-state index contributed by atoms with van der Waals surface area (Å²) in [5.41, 5.74) is 9.10. The third-order valence-corrected chi connectivity index (χ3v) is 2.49. The number of rotatable bonds is 2. The Morgan fingerprint density at radius 3 is 2.44 bits per heavy atom. The van der Waals surface area contributed by atoms with Gasteiger partial charge in [-0.3, -0.25) is 0 Å². The normalized spacial score (nSPS) is 9.69. The van der Waals surface area contributed by atoms with Gasteiger partial charge in [0, 0.05) is 5.69 Å². The van der Waals surface area contributed by atoms with Crippen molar-refractivity contribution < 1.29 is 0 Å². The summed E-state index contributed by atoms with van der Waals surface area (Å²) in [6.07, 6.45) is 0.829. The molecule has 0 spiro atoms. The fourth-order valence-corrected chi connectivity index (χ4v) is 1.64. The molecule has 2 aromatic carbocycles. The van der Waals surface area contributed by atoms with Gasteiger partial charge in [-0.05, 0) is 29.7 Å². The number of nitrogens with zero attached hydrogens (tertiary/aromatic N) is 1. The number of benzene rings is 2. The maximum Gasteiger partial charge on any atom is 0.101 e. The van der Waals surface area contributed by atoms with E-state index >= 15 is 0 Å². The highest BCUT2D eigenvalue weighted by molar-refractivity contribution is 5.55. The first-order chi connectivity index (χ1) is 7.79. The van der Waals surface area contributed by atoms with Gasteiger partial charge in [-0.2, -0.15) is 5.26 Å². The molecule has 2 heteroatoms. The predicted octanol–water partition coefficient (Wildman–Crippen LogP) is 2.73. The molecule has 0 amide bonds. The van der Waals surface area contributed by atoms with Crippen LogP contribution in [-0.4, -0.2) is 0 Å². The second-order valence-electron chi connectivity index (χ2n) is 3.70. The molecule has 78 valence electrons. The molecule has 0 saturated heterocycles. The van der Waals surface area contributed by atoms with Gasteiger partial charge in [0.15, 0.2) is 0 Å². The van der Waals surface area contributed by atoms with Crippen LogP contribution < -0.4 is 5.73 Å². The van der Waals surface area contributed by atoms with Crippen LogP contribution in [0.15, 0.2) is 48.5 Å². The molecule has 2 rings (SSSR count). The van der Waals surface area contributed by atoms with E-state index in [9.17, 15) is 0 Å².